The van der Waals surface area contributed by atoms with E-state index in [1.54, 1.807) is 24.3 Å². The van der Waals surface area contributed by atoms with Crippen molar-refractivity contribution < 1.29 is 19.9 Å². The average Bonchev–Trinajstić information content (AvgIpc) is 2.43. The summed E-state index contributed by atoms with van der Waals surface area (Å²) >= 11 is 3.91. The van der Waals surface area contributed by atoms with Crippen LogP contribution < -0.4 is 10.8 Å². The molecular weight excluding hydrogens is 268 g/mol. The average molecular weight is 284 g/mol. The van der Waals surface area contributed by atoms with Crippen LogP contribution >= 0.6 is 12.6 Å². The number of aromatic hydroxyl groups is 1. The predicted molar refractivity (Wildman–Crippen MR) is 72.1 cm³/mol. The number of thiol groups is 1. The van der Waals surface area contributed by atoms with E-state index in [4.69, 9.17) is 5.21 Å². The van der Waals surface area contributed by atoms with Crippen molar-refractivity contribution in [1.82, 2.24) is 10.8 Å². The maximum atomic E-state index is 11.6. The predicted octanol–water partition coefficient (Wildman–Crippen LogP) is 0.245. The molecular formula is C12H16N2O4S. The lowest BCUT2D eigenvalue weighted by Crippen LogP contribution is -2.47. The van der Waals surface area contributed by atoms with Crippen molar-refractivity contribution in [2.75, 3.05) is 5.75 Å². The number of rotatable bonds is 6. The topological polar surface area (TPSA) is 98.7 Å². The lowest BCUT2D eigenvalue weighted by Gasteiger charge is -2.14. The monoisotopic (exact) mass is 284 g/mol. The van der Waals surface area contributed by atoms with Crippen LogP contribution in [0.4, 0.5) is 0 Å². The first-order valence-electron chi connectivity index (χ1n) is 5.69. The molecule has 19 heavy (non-hydrogen) atoms. The van der Waals surface area contributed by atoms with Crippen LogP contribution in [-0.4, -0.2) is 33.9 Å². The van der Waals surface area contributed by atoms with Crippen LogP contribution in [-0.2, 0) is 16.0 Å². The number of nitrogens with one attached hydrogen (secondary N) is 2. The lowest BCUT2D eigenvalue weighted by molar-refractivity contribution is -0.134. The van der Waals surface area contributed by atoms with Crippen molar-refractivity contribution in [2.45, 2.75) is 18.9 Å². The zero-order valence-electron chi connectivity index (χ0n) is 10.2. The fraction of sp³-hybridized carbons (Fsp3) is 0.333. The smallest absolute Gasteiger partial charge is 0.266 e. The highest BCUT2D eigenvalue weighted by Crippen LogP contribution is 2.17. The van der Waals surface area contributed by atoms with E-state index in [-0.39, 0.29) is 23.8 Å². The van der Waals surface area contributed by atoms with Crippen LogP contribution in [0, 0.1) is 0 Å². The van der Waals surface area contributed by atoms with Gasteiger partial charge < -0.3 is 10.4 Å². The van der Waals surface area contributed by atoms with E-state index in [1.807, 2.05) is 0 Å². The van der Waals surface area contributed by atoms with Crippen LogP contribution in [0.1, 0.15) is 12.0 Å². The summed E-state index contributed by atoms with van der Waals surface area (Å²) in [5, 5.41) is 20.5. The van der Waals surface area contributed by atoms with Crippen LogP contribution in [0.5, 0.6) is 5.75 Å². The molecule has 0 spiro atoms. The molecule has 0 aliphatic heterocycles. The van der Waals surface area contributed by atoms with Crippen molar-refractivity contribution in [3.05, 3.63) is 29.8 Å². The molecule has 104 valence electrons. The van der Waals surface area contributed by atoms with Gasteiger partial charge in [-0.3, -0.25) is 14.8 Å². The van der Waals surface area contributed by atoms with Crippen molar-refractivity contribution in [3.8, 4) is 5.75 Å². The van der Waals surface area contributed by atoms with Gasteiger partial charge in [0.15, 0.2) is 0 Å². The van der Waals surface area contributed by atoms with Gasteiger partial charge in [0.2, 0.25) is 5.91 Å². The standard InChI is InChI=1S/C12H16N2O4S/c15-10-4-2-1-3-8(10)5-6-11(16)13-9(7-19)12(17)14-18/h1-4,9,15,18-19H,5-7H2,(H,13,16)(H,14,17)/t9-/m0/s1. The molecule has 4 N–H and O–H groups in total. The normalized spacial score (nSPS) is 11.7. The Hall–Kier alpha value is -1.73. The van der Waals surface area contributed by atoms with Crippen molar-refractivity contribution in [1.29, 1.82) is 0 Å². The first-order valence-corrected chi connectivity index (χ1v) is 6.32. The van der Waals surface area contributed by atoms with Gasteiger partial charge in [-0.15, -0.1) is 0 Å². The number of aryl methyl sites for hydroxylation is 1. The molecule has 2 amide bonds. The first-order chi connectivity index (χ1) is 9.08. The minimum Gasteiger partial charge on any atom is -0.508 e. The Morgan fingerprint density at radius 3 is 2.58 bits per heavy atom. The van der Waals surface area contributed by atoms with Gasteiger partial charge in [0, 0.05) is 12.2 Å². The van der Waals surface area contributed by atoms with Gasteiger partial charge in [-0.05, 0) is 18.1 Å². The third-order valence-electron chi connectivity index (χ3n) is 2.56. The largest absolute Gasteiger partial charge is 0.508 e. The maximum Gasteiger partial charge on any atom is 0.266 e. The Balaban J connectivity index is 2.48. The Bertz CT molecular complexity index is 453. The second-order valence-corrected chi connectivity index (χ2v) is 4.27. The minimum atomic E-state index is -0.884. The van der Waals surface area contributed by atoms with E-state index in [0.717, 1.165) is 0 Å². The first kappa shape index (κ1) is 15.3. The molecule has 0 aromatic heterocycles. The fourth-order valence-electron chi connectivity index (χ4n) is 1.51. The number of hydroxylamine groups is 1. The van der Waals surface area contributed by atoms with Crippen molar-refractivity contribution in [2.24, 2.45) is 0 Å². The molecule has 0 bridgehead atoms. The molecule has 0 saturated heterocycles. The summed E-state index contributed by atoms with van der Waals surface area (Å²) in [5.41, 5.74) is 2.12. The summed E-state index contributed by atoms with van der Waals surface area (Å²) < 4.78 is 0. The number of para-hydroxylation sites is 1. The van der Waals surface area contributed by atoms with Gasteiger partial charge in [0.25, 0.3) is 5.91 Å². The number of benzene rings is 1. The van der Waals surface area contributed by atoms with E-state index in [2.05, 4.69) is 17.9 Å². The van der Waals surface area contributed by atoms with Gasteiger partial charge in [0.1, 0.15) is 11.8 Å². The second-order valence-electron chi connectivity index (χ2n) is 3.91. The molecule has 0 fully saturated rings. The molecule has 0 unspecified atom stereocenters. The summed E-state index contributed by atoms with van der Waals surface area (Å²) in [6.07, 6.45) is 0.485. The highest BCUT2D eigenvalue weighted by molar-refractivity contribution is 7.80. The van der Waals surface area contributed by atoms with Crippen molar-refractivity contribution >= 4 is 24.4 Å². The van der Waals surface area contributed by atoms with E-state index < -0.39 is 11.9 Å². The molecule has 0 radical (unpaired) electrons. The summed E-state index contributed by atoms with van der Waals surface area (Å²) in [5.74, 6) is -0.861. The molecule has 0 saturated carbocycles. The molecule has 0 aliphatic carbocycles. The molecule has 6 nitrogen and oxygen atoms in total. The van der Waals surface area contributed by atoms with E-state index >= 15 is 0 Å². The Kier molecular flexibility index (Phi) is 6.17. The van der Waals surface area contributed by atoms with Gasteiger partial charge in [-0.1, -0.05) is 18.2 Å². The van der Waals surface area contributed by atoms with Gasteiger partial charge in [-0.2, -0.15) is 12.6 Å². The second kappa shape index (κ2) is 7.65. The number of carbonyl (C=O) groups excluding carboxylic acids is 2. The Morgan fingerprint density at radius 2 is 2.00 bits per heavy atom. The minimum absolute atomic E-state index is 0.0781. The van der Waals surface area contributed by atoms with Gasteiger partial charge >= 0.3 is 0 Å². The summed E-state index contributed by atoms with van der Waals surface area (Å²) in [7, 11) is 0. The Labute approximate surface area is 116 Å². The van der Waals surface area contributed by atoms with E-state index in [0.29, 0.717) is 12.0 Å². The zero-order valence-corrected chi connectivity index (χ0v) is 11.1. The summed E-state index contributed by atoms with van der Waals surface area (Å²) in [6.45, 7) is 0. The number of hydrogen-bond donors (Lipinski definition) is 5. The number of phenols is 1. The van der Waals surface area contributed by atoms with Crippen LogP contribution in [0.15, 0.2) is 24.3 Å². The highest BCUT2D eigenvalue weighted by Gasteiger charge is 2.18. The van der Waals surface area contributed by atoms with Gasteiger partial charge in [0.05, 0.1) is 0 Å². The number of amides is 2. The third kappa shape index (κ3) is 4.80. The van der Waals surface area contributed by atoms with E-state index in [1.165, 1.54) is 5.48 Å². The molecule has 0 heterocycles. The number of carbonyl (C=O) groups is 2. The maximum absolute atomic E-state index is 11.6. The van der Waals surface area contributed by atoms with Gasteiger partial charge in [-0.25, -0.2) is 5.48 Å². The SMILES string of the molecule is O=C(CCc1ccccc1O)N[C@@H](CS)C(=O)NO. The van der Waals surface area contributed by atoms with Crippen LogP contribution in [0.3, 0.4) is 0 Å². The van der Waals surface area contributed by atoms with Crippen LogP contribution in [0.2, 0.25) is 0 Å². The molecule has 1 aromatic rings. The molecule has 1 rings (SSSR count). The molecule has 1 aromatic carbocycles. The third-order valence-corrected chi connectivity index (χ3v) is 2.92. The fourth-order valence-corrected chi connectivity index (χ4v) is 1.77. The molecule has 0 aliphatic rings. The molecule has 7 heteroatoms. The quantitative estimate of drug-likeness (QED) is 0.294. The van der Waals surface area contributed by atoms with E-state index in [9.17, 15) is 14.7 Å². The number of hydrogen-bond acceptors (Lipinski definition) is 5. The number of phenolic OH excluding ortho intramolecular Hbond substituents is 1. The highest BCUT2D eigenvalue weighted by atomic mass is 32.1. The summed E-state index contributed by atoms with van der Waals surface area (Å²) in [6, 6.07) is 5.84. The zero-order chi connectivity index (χ0) is 14.3. The van der Waals surface area contributed by atoms with Crippen molar-refractivity contribution in [3.63, 3.8) is 0 Å². The summed E-state index contributed by atoms with van der Waals surface area (Å²) in [4.78, 5) is 22.8. The molecule has 1 atom stereocenters. The Morgan fingerprint density at radius 1 is 1.32 bits per heavy atom. The van der Waals surface area contributed by atoms with Crippen LogP contribution in [0.25, 0.3) is 0 Å². The lowest BCUT2D eigenvalue weighted by atomic mass is 10.1.